The SMILES string of the molecule is c1cc(-c2nc(-c3cc4ccc5cccc6ccc(c3)c4c56)ns2)cc(-n2c3ccccc3c3ccccc32)c1. The molecule has 0 spiro atoms. The third-order valence-corrected chi connectivity index (χ3v) is 8.84. The molecule has 7 aromatic carbocycles. The van der Waals surface area contributed by atoms with E-state index in [2.05, 4.69) is 132 Å². The minimum Gasteiger partial charge on any atom is -0.309 e. The van der Waals surface area contributed by atoms with Crippen LogP contribution in [0.1, 0.15) is 0 Å². The van der Waals surface area contributed by atoms with Crippen molar-refractivity contribution in [3.8, 4) is 27.6 Å². The van der Waals surface area contributed by atoms with Gasteiger partial charge in [0.1, 0.15) is 5.01 Å². The molecule has 0 unspecified atom stereocenters. The van der Waals surface area contributed by atoms with Crippen LogP contribution in [-0.2, 0) is 0 Å². The quantitative estimate of drug-likeness (QED) is 0.214. The molecule has 0 bridgehead atoms. The summed E-state index contributed by atoms with van der Waals surface area (Å²) in [4.78, 5) is 5.03. The zero-order chi connectivity index (χ0) is 26.2. The second-order valence-electron chi connectivity index (χ2n) is 10.4. The minimum absolute atomic E-state index is 0.771. The van der Waals surface area contributed by atoms with E-state index in [-0.39, 0.29) is 0 Å². The van der Waals surface area contributed by atoms with E-state index in [0.717, 1.165) is 27.6 Å². The van der Waals surface area contributed by atoms with Crippen LogP contribution in [0.5, 0.6) is 0 Å². The number of fused-ring (bicyclic) bond motifs is 3. The van der Waals surface area contributed by atoms with Crippen molar-refractivity contribution in [1.82, 2.24) is 13.9 Å². The lowest BCUT2D eigenvalue weighted by molar-refractivity contribution is 1.18. The van der Waals surface area contributed by atoms with Crippen molar-refractivity contribution in [3.05, 3.63) is 127 Å². The fraction of sp³-hybridized carbons (Fsp3) is 0. The van der Waals surface area contributed by atoms with Crippen LogP contribution in [0, 0.1) is 0 Å². The zero-order valence-electron chi connectivity index (χ0n) is 21.4. The highest BCUT2D eigenvalue weighted by Gasteiger charge is 2.15. The summed E-state index contributed by atoms with van der Waals surface area (Å²) in [6.07, 6.45) is 0. The number of nitrogens with zero attached hydrogens (tertiary/aromatic N) is 3. The molecule has 0 aliphatic rings. The first-order chi connectivity index (χ1) is 19.8. The van der Waals surface area contributed by atoms with Gasteiger partial charge >= 0.3 is 0 Å². The fourth-order valence-electron chi connectivity index (χ4n) is 6.32. The predicted octanol–water partition coefficient (Wildman–Crippen LogP) is 9.87. The van der Waals surface area contributed by atoms with Gasteiger partial charge in [-0.2, -0.15) is 4.37 Å². The first-order valence-corrected chi connectivity index (χ1v) is 14.2. The summed E-state index contributed by atoms with van der Waals surface area (Å²) in [5, 5.41) is 11.1. The average molecular weight is 528 g/mol. The molecule has 2 heterocycles. The molecule has 0 fully saturated rings. The second kappa shape index (κ2) is 8.22. The molecular formula is C36H21N3S. The monoisotopic (exact) mass is 527 g/mol. The van der Waals surface area contributed by atoms with Gasteiger partial charge in [-0.3, -0.25) is 0 Å². The van der Waals surface area contributed by atoms with Crippen LogP contribution in [0.4, 0.5) is 0 Å². The van der Waals surface area contributed by atoms with Gasteiger partial charge < -0.3 is 4.57 Å². The summed E-state index contributed by atoms with van der Waals surface area (Å²) in [5.74, 6) is 0.771. The third kappa shape index (κ3) is 3.11. The van der Waals surface area contributed by atoms with Crippen LogP contribution >= 0.6 is 11.5 Å². The maximum atomic E-state index is 5.03. The summed E-state index contributed by atoms with van der Waals surface area (Å²) in [6, 6.07) is 45.7. The Morgan fingerprint density at radius 1 is 0.500 bits per heavy atom. The molecule has 0 aliphatic heterocycles. The van der Waals surface area contributed by atoms with Crippen LogP contribution in [0.3, 0.4) is 0 Å². The standard InChI is InChI=1S/C36H21N3S/c1-3-13-31-29(11-1)30-12-2-4-14-32(30)39(31)28-10-6-9-26(21-28)36-37-35(38-40-36)27-19-24-17-15-22-7-5-8-23-16-18-25(20-27)34(24)33(22)23/h1-21H. The maximum Gasteiger partial charge on any atom is 0.173 e. The lowest BCUT2D eigenvalue weighted by Gasteiger charge is -2.11. The molecule has 4 heteroatoms. The van der Waals surface area contributed by atoms with Gasteiger partial charge in [0.05, 0.1) is 11.0 Å². The predicted molar refractivity (Wildman–Crippen MR) is 169 cm³/mol. The van der Waals surface area contributed by atoms with Gasteiger partial charge in [-0.05, 0) is 80.2 Å². The van der Waals surface area contributed by atoms with E-state index in [0.29, 0.717) is 0 Å². The molecule has 0 amide bonds. The number of hydrogen-bond acceptors (Lipinski definition) is 3. The molecule has 9 rings (SSSR count). The molecule has 2 aromatic heterocycles. The Labute approximate surface area is 234 Å². The summed E-state index contributed by atoms with van der Waals surface area (Å²) < 4.78 is 7.16. The Balaban J connectivity index is 1.17. The number of rotatable bonds is 3. The maximum absolute atomic E-state index is 5.03. The highest BCUT2D eigenvalue weighted by atomic mass is 32.1. The summed E-state index contributed by atoms with van der Waals surface area (Å²) in [7, 11) is 0. The molecule has 3 nitrogen and oxygen atoms in total. The summed E-state index contributed by atoms with van der Waals surface area (Å²) >= 11 is 1.46. The normalized spacial score (nSPS) is 12.0. The number of para-hydroxylation sites is 2. The largest absolute Gasteiger partial charge is 0.309 e. The van der Waals surface area contributed by atoms with Crippen LogP contribution in [0.2, 0.25) is 0 Å². The number of benzene rings is 7. The lowest BCUT2D eigenvalue weighted by atomic mass is 9.93. The van der Waals surface area contributed by atoms with Crippen molar-refractivity contribution >= 4 is 65.7 Å². The molecular weight excluding hydrogens is 506 g/mol. The first-order valence-electron chi connectivity index (χ1n) is 13.4. The van der Waals surface area contributed by atoms with Crippen molar-refractivity contribution in [2.24, 2.45) is 0 Å². The fourth-order valence-corrected chi connectivity index (χ4v) is 7.00. The second-order valence-corrected chi connectivity index (χ2v) is 11.1. The van der Waals surface area contributed by atoms with Gasteiger partial charge in [0.2, 0.25) is 0 Å². The van der Waals surface area contributed by atoms with Gasteiger partial charge in [0.15, 0.2) is 5.82 Å². The zero-order valence-corrected chi connectivity index (χ0v) is 22.2. The van der Waals surface area contributed by atoms with Gasteiger partial charge in [-0.25, -0.2) is 4.98 Å². The van der Waals surface area contributed by atoms with E-state index < -0.39 is 0 Å². The van der Waals surface area contributed by atoms with E-state index in [1.165, 1.54) is 65.7 Å². The third-order valence-electron chi connectivity index (χ3n) is 8.08. The van der Waals surface area contributed by atoms with Crippen molar-refractivity contribution < 1.29 is 0 Å². The van der Waals surface area contributed by atoms with Crippen LogP contribution in [-0.4, -0.2) is 13.9 Å². The number of aromatic nitrogens is 3. The van der Waals surface area contributed by atoms with E-state index >= 15 is 0 Å². The highest BCUT2D eigenvalue weighted by Crippen LogP contribution is 2.38. The van der Waals surface area contributed by atoms with Crippen molar-refractivity contribution in [2.75, 3.05) is 0 Å². The van der Waals surface area contributed by atoms with Crippen molar-refractivity contribution in [3.63, 3.8) is 0 Å². The molecule has 0 saturated heterocycles. The van der Waals surface area contributed by atoms with E-state index in [1.54, 1.807) is 0 Å². The van der Waals surface area contributed by atoms with Crippen molar-refractivity contribution in [1.29, 1.82) is 0 Å². The molecule has 186 valence electrons. The molecule has 40 heavy (non-hydrogen) atoms. The Morgan fingerprint density at radius 2 is 1.10 bits per heavy atom. The summed E-state index contributed by atoms with van der Waals surface area (Å²) in [5.41, 5.74) is 5.64. The van der Waals surface area contributed by atoms with E-state index in [1.807, 2.05) is 0 Å². The van der Waals surface area contributed by atoms with E-state index in [9.17, 15) is 0 Å². The lowest BCUT2D eigenvalue weighted by Crippen LogP contribution is -1.94. The smallest absolute Gasteiger partial charge is 0.173 e. The Morgan fingerprint density at radius 3 is 1.80 bits per heavy atom. The van der Waals surface area contributed by atoms with Crippen LogP contribution < -0.4 is 0 Å². The topological polar surface area (TPSA) is 30.7 Å². The van der Waals surface area contributed by atoms with Gasteiger partial charge in [-0.1, -0.05) is 91.0 Å². The number of hydrogen-bond donors (Lipinski definition) is 0. The van der Waals surface area contributed by atoms with Crippen LogP contribution in [0.15, 0.2) is 127 Å². The molecule has 9 aromatic rings. The van der Waals surface area contributed by atoms with Crippen molar-refractivity contribution in [2.45, 2.75) is 0 Å². The Hall–Kier alpha value is -5.06. The molecule has 0 N–H and O–H groups in total. The molecule has 0 saturated carbocycles. The van der Waals surface area contributed by atoms with Crippen LogP contribution in [0.25, 0.3) is 81.8 Å². The molecule has 0 aliphatic carbocycles. The first kappa shape index (κ1) is 21.8. The van der Waals surface area contributed by atoms with E-state index in [4.69, 9.17) is 9.36 Å². The highest BCUT2D eigenvalue weighted by molar-refractivity contribution is 7.09. The Kier molecular flexibility index (Phi) is 4.48. The van der Waals surface area contributed by atoms with Gasteiger partial charge in [-0.15, -0.1) is 0 Å². The van der Waals surface area contributed by atoms with Gasteiger partial charge in [0, 0.05) is 27.6 Å². The van der Waals surface area contributed by atoms with Gasteiger partial charge in [0.25, 0.3) is 0 Å². The average Bonchev–Trinajstić information content (AvgIpc) is 3.64. The molecule has 0 radical (unpaired) electrons. The minimum atomic E-state index is 0.771. The Bertz CT molecular complexity index is 2280. The summed E-state index contributed by atoms with van der Waals surface area (Å²) in [6.45, 7) is 0. The molecule has 0 atom stereocenters.